The van der Waals surface area contributed by atoms with Crippen LogP contribution in [-0.4, -0.2) is 11.9 Å². The fraction of sp³-hybridized carbons (Fsp3) is 0.125. The van der Waals surface area contributed by atoms with E-state index in [1.807, 2.05) is 17.5 Å². The van der Waals surface area contributed by atoms with Gasteiger partial charge in [-0.1, -0.05) is 23.7 Å². The van der Waals surface area contributed by atoms with Crippen LogP contribution in [0.3, 0.4) is 0 Å². The molecule has 118 valence electrons. The van der Waals surface area contributed by atoms with Crippen LogP contribution in [0.2, 0.25) is 5.02 Å². The van der Waals surface area contributed by atoms with Crippen LogP contribution in [0.5, 0.6) is 0 Å². The van der Waals surface area contributed by atoms with Gasteiger partial charge in [0.15, 0.2) is 0 Å². The van der Waals surface area contributed by atoms with Crippen molar-refractivity contribution in [2.75, 3.05) is 5.32 Å². The van der Waals surface area contributed by atoms with Crippen LogP contribution in [0.1, 0.15) is 17.8 Å². The van der Waals surface area contributed by atoms with E-state index in [-0.39, 0.29) is 11.9 Å². The lowest BCUT2D eigenvalue weighted by Crippen LogP contribution is -2.45. The first-order valence-corrected chi connectivity index (χ1v) is 8.19. The zero-order chi connectivity index (χ0) is 16.4. The number of hydrogen-bond donors (Lipinski definition) is 3. The molecule has 7 heteroatoms. The Hall–Kier alpha value is -2.31. The SMILES string of the molecule is CC1=C(C(=O)Nc2cccc(Cl)c2)C(c2cccs2)NC(=O)N1. The van der Waals surface area contributed by atoms with Gasteiger partial charge in [0, 0.05) is 21.3 Å². The molecule has 2 heterocycles. The minimum absolute atomic E-state index is 0.282. The smallest absolute Gasteiger partial charge is 0.319 e. The van der Waals surface area contributed by atoms with Gasteiger partial charge in [0.2, 0.25) is 0 Å². The number of carbonyl (C=O) groups excluding carboxylic acids is 2. The van der Waals surface area contributed by atoms with Gasteiger partial charge in [0.25, 0.3) is 5.91 Å². The van der Waals surface area contributed by atoms with Crippen LogP contribution in [0, 0.1) is 0 Å². The molecule has 3 N–H and O–H groups in total. The van der Waals surface area contributed by atoms with E-state index >= 15 is 0 Å². The van der Waals surface area contributed by atoms with Crippen LogP contribution < -0.4 is 16.0 Å². The first kappa shape index (κ1) is 15.6. The Morgan fingerprint density at radius 2 is 2.13 bits per heavy atom. The number of hydrogen-bond acceptors (Lipinski definition) is 3. The second kappa shape index (κ2) is 6.44. The summed E-state index contributed by atoms with van der Waals surface area (Å²) in [4.78, 5) is 25.4. The number of benzene rings is 1. The van der Waals surface area contributed by atoms with Crippen LogP contribution in [0.4, 0.5) is 10.5 Å². The van der Waals surface area contributed by atoms with E-state index in [1.165, 1.54) is 11.3 Å². The van der Waals surface area contributed by atoms with Gasteiger partial charge in [-0.3, -0.25) is 4.79 Å². The molecule has 1 atom stereocenters. The highest BCUT2D eigenvalue weighted by atomic mass is 35.5. The Labute approximate surface area is 142 Å². The number of carbonyl (C=O) groups is 2. The summed E-state index contributed by atoms with van der Waals surface area (Å²) in [6.45, 7) is 1.71. The maximum Gasteiger partial charge on any atom is 0.319 e. The molecule has 0 aliphatic carbocycles. The van der Waals surface area contributed by atoms with Crippen LogP contribution in [-0.2, 0) is 4.79 Å². The quantitative estimate of drug-likeness (QED) is 0.792. The maximum absolute atomic E-state index is 12.7. The summed E-state index contributed by atoms with van der Waals surface area (Å²) in [5.41, 5.74) is 1.61. The minimum atomic E-state index is -0.470. The predicted octanol–water partition coefficient (Wildman–Crippen LogP) is 3.67. The number of amides is 3. The van der Waals surface area contributed by atoms with Gasteiger partial charge in [-0.2, -0.15) is 0 Å². The number of nitrogens with one attached hydrogen (secondary N) is 3. The van der Waals surface area contributed by atoms with Crippen molar-refractivity contribution >= 4 is 40.6 Å². The molecule has 5 nitrogen and oxygen atoms in total. The summed E-state index contributed by atoms with van der Waals surface area (Å²) in [5.74, 6) is -0.282. The van der Waals surface area contributed by atoms with Gasteiger partial charge in [0.05, 0.1) is 11.6 Å². The third-order valence-corrected chi connectivity index (χ3v) is 4.60. The van der Waals surface area contributed by atoms with Crippen molar-refractivity contribution in [2.45, 2.75) is 13.0 Å². The van der Waals surface area contributed by atoms with Crippen LogP contribution in [0.15, 0.2) is 53.0 Å². The average molecular weight is 348 g/mol. The Bertz CT molecular complexity index is 786. The number of rotatable bonds is 3. The predicted molar refractivity (Wildman–Crippen MR) is 91.5 cm³/mol. The molecule has 3 amide bonds. The molecular formula is C16H14ClN3O2S. The maximum atomic E-state index is 12.7. The standard InChI is InChI=1S/C16H14ClN3O2S/c1-9-13(15(21)19-11-5-2-4-10(17)8-11)14(20-16(22)18-9)12-6-3-7-23-12/h2-8,14H,1H3,(H,19,21)(H2,18,20,22). The second-order valence-corrected chi connectivity index (χ2v) is 6.47. The molecule has 1 unspecified atom stereocenters. The molecule has 0 spiro atoms. The molecule has 1 aliphatic rings. The van der Waals surface area contributed by atoms with Crippen molar-refractivity contribution in [1.82, 2.24) is 10.6 Å². The molecule has 1 aromatic carbocycles. The van der Waals surface area contributed by atoms with E-state index in [1.54, 1.807) is 31.2 Å². The average Bonchev–Trinajstić information content (AvgIpc) is 3.00. The summed E-state index contributed by atoms with van der Waals surface area (Å²) < 4.78 is 0. The largest absolute Gasteiger partial charge is 0.326 e. The Kier molecular flexibility index (Phi) is 4.36. The lowest BCUT2D eigenvalue weighted by Gasteiger charge is -2.27. The molecule has 0 bridgehead atoms. The summed E-state index contributed by atoms with van der Waals surface area (Å²) in [6.07, 6.45) is 0. The van der Waals surface area contributed by atoms with Gasteiger partial charge in [-0.25, -0.2) is 4.79 Å². The van der Waals surface area contributed by atoms with E-state index in [9.17, 15) is 9.59 Å². The van der Waals surface area contributed by atoms with Gasteiger partial charge < -0.3 is 16.0 Å². The lowest BCUT2D eigenvalue weighted by molar-refractivity contribution is -0.113. The fourth-order valence-corrected chi connectivity index (χ4v) is 3.40. The third-order valence-electron chi connectivity index (χ3n) is 3.42. The molecule has 1 aromatic heterocycles. The number of thiophene rings is 1. The van der Waals surface area contributed by atoms with E-state index in [2.05, 4.69) is 16.0 Å². The second-order valence-electron chi connectivity index (χ2n) is 5.05. The first-order chi connectivity index (χ1) is 11.0. The molecular weight excluding hydrogens is 334 g/mol. The number of anilines is 1. The normalized spacial score (nSPS) is 17.5. The highest BCUT2D eigenvalue weighted by Crippen LogP contribution is 2.30. The van der Waals surface area contributed by atoms with Crippen molar-refractivity contribution in [1.29, 1.82) is 0 Å². The Balaban J connectivity index is 1.92. The van der Waals surface area contributed by atoms with E-state index in [0.717, 1.165) is 4.88 Å². The van der Waals surface area contributed by atoms with Crippen molar-refractivity contribution < 1.29 is 9.59 Å². The van der Waals surface area contributed by atoms with Crippen molar-refractivity contribution in [2.24, 2.45) is 0 Å². The van der Waals surface area contributed by atoms with Gasteiger partial charge >= 0.3 is 6.03 Å². The van der Waals surface area contributed by atoms with Gasteiger partial charge in [0.1, 0.15) is 0 Å². The summed E-state index contributed by atoms with van der Waals surface area (Å²) in [6, 6.07) is 9.91. The summed E-state index contributed by atoms with van der Waals surface area (Å²) in [5, 5.41) is 10.7. The molecule has 23 heavy (non-hydrogen) atoms. The summed E-state index contributed by atoms with van der Waals surface area (Å²) >= 11 is 7.43. The number of allylic oxidation sites excluding steroid dienone is 1. The zero-order valence-electron chi connectivity index (χ0n) is 12.2. The Morgan fingerprint density at radius 3 is 2.83 bits per heavy atom. The molecule has 0 fully saturated rings. The van der Waals surface area contributed by atoms with Crippen molar-refractivity contribution in [3.63, 3.8) is 0 Å². The monoisotopic (exact) mass is 347 g/mol. The number of halogens is 1. The van der Waals surface area contributed by atoms with E-state index in [4.69, 9.17) is 11.6 Å². The topological polar surface area (TPSA) is 70.2 Å². The van der Waals surface area contributed by atoms with Crippen LogP contribution >= 0.6 is 22.9 Å². The lowest BCUT2D eigenvalue weighted by atomic mass is 10.0. The van der Waals surface area contributed by atoms with Crippen LogP contribution in [0.25, 0.3) is 0 Å². The third kappa shape index (κ3) is 3.38. The first-order valence-electron chi connectivity index (χ1n) is 6.93. The van der Waals surface area contributed by atoms with E-state index < -0.39 is 6.04 Å². The molecule has 0 saturated carbocycles. The summed E-state index contributed by atoms with van der Waals surface area (Å²) in [7, 11) is 0. The molecule has 1 aliphatic heterocycles. The number of urea groups is 1. The fourth-order valence-electron chi connectivity index (χ4n) is 2.43. The molecule has 0 radical (unpaired) electrons. The van der Waals surface area contributed by atoms with Crippen molar-refractivity contribution in [3.05, 3.63) is 62.9 Å². The van der Waals surface area contributed by atoms with Crippen molar-refractivity contribution in [3.8, 4) is 0 Å². The Morgan fingerprint density at radius 1 is 1.30 bits per heavy atom. The van der Waals surface area contributed by atoms with Gasteiger partial charge in [-0.05, 0) is 36.6 Å². The minimum Gasteiger partial charge on any atom is -0.326 e. The zero-order valence-corrected chi connectivity index (χ0v) is 13.8. The highest BCUT2D eigenvalue weighted by Gasteiger charge is 2.31. The molecule has 3 rings (SSSR count). The van der Waals surface area contributed by atoms with Gasteiger partial charge in [-0.15, -0.1) is 11.3 Å². The molecule has 0 saturated heterocycles. The highest BCUT2D eigenvalue weighted by molar-refractivity contribution is 7.10. The van der Waals surface area contributed by atoms with E-state index in [0.29, 0.717) is 22.0 Å². The molecule has 2 aromatic rings.